The molecule has 0 aliphatic heterocycles. The lowest BCUT2D eigenvalue weighted by Crippen LogP contribution is -2.23. The summed E-state index contributed by atoms with van der Waals surface area (Å²) in [5, 5.41) is 8.81. The molecule has 0 spiro atoms. The molecule has 0 bridgehead atoms. The van der Waals surface area contributed by atoms with E-state index in [0.29, 0.717) is 5.92 Å². The number of hydrazine groups is 1. The largest absolute Gasteiger partial charge is 0.396 e. The van der Waals surface area contributed by atoms with Gasteiger partial charge >= 0.3 is 0 Å². The molecule has 1 aliphatic rings. The van der Waals surface area contributed by atoms with Crippen molar-refractivity contribution in [2.45, 2.75) is 44.9 Å². The predicted molar refractivity (Wildman–Crippen MR) is 80.8 cm³/mol. The van der Waals surface area contributed by atoms with Gasteiger partial charge in [0.05, 0.1) is 0 Å². The third-order valence-electron chi connectivity index (χ3n) is 3.73. The van der Waals surface area contributed by atoms with Gasteiger partial charge in [0, 0.05) is 31.7 Å². The molecule has 2 rings (SSSR count). The van der Waals surface area contributed by atoms with Gasteiger partial charge in [-0.15, -0.1) is 0 Å². The van der Waals surface area contributed by atoms with Gasteiger partial charge in [0.1, 0.15) is 17.5 Å². The summed E-state index contributed by atoms with van der Waals surface area (Å²) in [4.78, 5) is 11.4. The van der Waals surface area contributed by atoms with Crippen molar-refractivity contribution in [3.8, 4) is 0 Å². The number of nitrogen functional groups attached to an aromatic ring is 1. The Labute approximate surface area is 120 Å². The van der Waals surface area contributed by atoms with Crippen LogP contribution in [0.25, 0.3) is 0 Å². The minimum Gasteiger partial charge on any atom is -0.396 e. The van der Waals surface area contributed by atoms with E-state index in [1.54, 1.807) is 0 Å². The van der Waals surface area contributed by atoms with Crippen LogP contribution in [0.1, 0.15) is 49.4 Å². The van der Waals surface area contributed by atoms with Crippen molar-refractivity contribution >= 4 is 11.6 Å². The maximum absolute atomic E-state index is 8.81. The summed E-state index contributed by atoms with van der Waals surface area (Å²) < 4.78 is 0. The first-order valence-corrected chi connectivity index (χ1v) is 7.34. The van der Waals surface area contributed by atoms with E-state index in [2.05, 4.69) is 15.3 Å². The molecule has 4 N–H and O–H groups in total. The summed E-state index contributed by atoms with van der Waals surface area (Å²) in [5.74, 6) is 8.65. The van der Waals surface area contributed by atoms with Crippen molar-refractivity contribution in [3.63, 3.8) is 0 Å². The van der Waals surface area contributed by atoms with E-state index in [4.69, 9.17) is 15.9 Å². The molecule has 1 saturated carbocycles. The molecular formula is C14H25N5O. The van der Waals surface area contributed by atoms with Gasteiger partial charge in [-0.1, -0.05) is 0 Å². The maximum Gasteiger partial charge on any atom is 0.148 e. The van der Waals surface area contributed by atoms with E-state index in [1.807, 2.05) is 14.0 Å². The number of hydrogen-bond acceptors (Lipinski definition) is 6. The minimum absolute atomic E-state index is 0.267. The van der Waals surface area contributed by atoms with E-state index in [0.717, 1.165) is 48.8 Å². The van der Waals surface area contributed by atoms with E-state index in [9.17, 15) is 0 Å². The number of unbranched alkanes of at least 4 members (excludes halogenated alkanes) is 2. The molecule has 1 fully saturated rings. The molecule has 6 nitrogen and oxygen atoms in total. The monoisotopic (exact) mass is 279 g/mol. The first kappa shape index (κ1) is 15.0. The summed E-state index contributed by atoms with van der Waals surface area (Å²) in [5.41, 5.74) is 3.67. The van der Waals surface area contributed by atoms with Gasteiger partial charge in [0.25, 0.3) is 0 Å². The van der Waals surface area contributed by atoms with Crippen LogP contribution < -0.4 is 16.2 Å². The Morgan fingerprint density at radius 3 is 2.65 bits per heavy atom. The zero-order valence-electron chi connectivity index (χ0n) is 12.4. The van der Waals surface area contributed by atoms with Crippen molar-refractivity contribution < 1.29 is 5.11 Å². The standard InChI is InChI=1S/C14H25N5O/c1-10-12(18-15)16-13(11-6-7-11)17-14(10)19(2)8-4-3-5-9-20/h11,20H,3-9,15H2,1-2H3,(H,16,17,18). The molecule has 1 heterocycles. The highest BCUT2D eigenvalue weighted by Crippen LogP contribution is 2.39. The molecule has 0 radical (unpaired) electrons. The number of anilines is 2. The van der Waals surface area contributed by atoms with E-state index in [-0.39, 0.29) is 6.61 Å². The van der Waals surface area contributed by atoms with Gasteiger partial charge in [0.15, 0.2) is 0 Å². The number of aromatic nitrogens is 2. The molecule has 0 unspecified atom stereocenters. The van der Waals surface area contributed by atoms with Crippen LogP contribution in [0.3, 0.4) is 0 Å². The van der Waals surface area contributed by atoms with Crippen LogP contribution in [-0.4, -0.2) is 35.3 Å². The molecule has 20 heavy (non-hydrogen) atoms. The Morgan fingerprint density at radius 2 is 2.05 bits per heavy atom. The average Bonchev–Trinajstić information content (AvgIpc) is 3.28. The van der Waals surface area contributed by atoms with Gasteiger partial charge in [0.2, 0.25) is 0 Å². The maximum atomic E-state index is 8.81. The van der Waals surface area contributed by atoms with Gasteiger partial charge in [-0.05, 0) is 39.0 Å². The molecule has 1 aromatic rings. The van der Waals surface area contributed by atoms with Gasteiger partial charge in [-0.3, -0.25) is 0 Å². The molecule has 0 saturated heterocycles. The number of aliphatic hydroxyl groups is 1. The number of nitrogens with zero attached hydrogens (tertiary/aromatic N) is 3. The topological polar surface area (TPSA) is 87.3 Å². The molecule has 6 heteroatoms. The summed E-state index contributed by atoms with van der Waals surface area (Å²) >= 11 is 0. The SMILES string of the molecule is Cc1c(NN)nc(C2CC2)nc1N(C)CCCCCO. The second-order valence-electron chi connectivity index (χ2n) is 5.50. The second-order valence-corrected chi connectivity index (χ2v) is 5.50. The fourth-order valence-corrected chi connectivity index (χ4v) is 2.30. The molecule has 1 aromatic heterocycles. The number of hydrogen-bond donors (Lipinski definition) is 3. The Balaban J connectivity index is 2.10. The highest BCUT2D eigenvalue weighted by atomic mass is 16.2. The van der Waals surface area contributed by atoms with Crippen LogP contribution in [0.4, 0.5) is 11.6 Å². The van der Waals surface area contributed by atoms with Gasteiger partial charge in [-0.25, -0.2) is 15.8 Å². The molecular weight excluding hydrogens is 254 g/mol. The summed E-state index contributed by atoms with van der Waals surface area (Å²) in [6.07, 6.45) is 5.28. The molecule has 0 amide bonds. The first-order valence-electron chi connectivity index (χ1n) is 7.34. The summed E-state index contributed by atoms with van der Waals surface area (Å²) in [6.45, 7) is 3.18. The van der Waals surface area contributed by atoms with Gasteiger partial charge < -0.3 is 15.4 Å². The van der Waals surface area contributed by atoms with Crippen LogP contribution in [0.5, 0.6) is 0 Å². The lowest BCUT2D eigenvalue weighted by atomic mass is 10.2. The van der Waals surface area contributed by atoms with Crippen LogP contribution >= 0.6 is 0 Å². The fourth-order valence-electron chi connectivity index (χ4n) is 2.30. The quantitative estimate of drug-likeness (QED) is 0.380. The third-order valence-corrected chi connectivity index (χ3v) is 3.73. The smallest absolute Gasteiger partial charge is 0.148 e. The fraction of sp³-hybridized carbons (Fsp3) is 0.714. The lowest BCUT2D eigenvalue weighted by Gasteiger charge is -2.22. The first-order chi connectivity index (χ1) is 9.67. The predicted octanol–water partition coefficient (Wildman–Crippen LogP) is 1.55. The van der Waals surface area contributed by atoms with Gasteiger partial charge in [-0.2, -0.15) is 0 Å². The summed E-state index contributed by atoms with van der Waals surface area (Å²) in [6, 6.07) is 0. The van der Waals surface area contributed by atoms with Crippen molar-refractivity contribution in [2.24, 2.45) is 5.84 Å². The zero-order valence-corrected chi connectivity index (χ0v) is 12.4. The highest BCUT2D eigenvalue weighted by molar-refractivity contribution is 5.58. The van der Waals surface area contributed by atoms with Crippen LogP contribution in [-0.2, 0) is 0 Å². The Morgan fingerprint density at radius 1 is 1.30 bits per heavy atom. The van der Waals surface area contributed by atoms with Crippen LogP contribution in [0.2, 0.25) is 0 Å². The van der Waals surface area contributed by atoms with E-state index >= 15 is 0 Å². The third kappa shape index (κ3) is 3.58. The second kappa shape index (κ2) is 6.85. The lowest BCUT2D eigenvalue weighted by molar-refractivity contribution is 0.283. The van der Waals surface area contributed by atoms with E-state index in [1.165, 1.54) is 12.8 Å². The molecule has 1 aliphatic carbocycles. The molecule has 112 valence electrons. The number of aliphatic hydroxyl groups excluding tert-OH is 1. The highest BCUT2D eigenvalue weighted by Gasteiger charge is 2.28. The molecule has 0 aromatic carbocycles. The Kier molecular flexibility index (Phi) is 5.14. The summed E-state index contributed by atoms with van der Waals surface area (Å²) in [7, 11) is 2.05. The normalized spacial score (nSPS) is 14.4. The van der Waals surface area contributed by atoms with Crippen molar-refractivity contribution in [2.75, 3.05) is 30.5 Å². The average molecular weight is 279 g/mol. The van der Waals surface area contributed by atoms with Crippen molar-refractivity contribution in [1.82, 2.24) is 9.97 Å². The van der Waals surface area contributed by atoms with Crippen LogP contribution in [0, 0.1) is 6.92 Å². The Hall–Kier alpha value is -1.40. The Bertz CT molecular complexity index is 447. The number of rotatable bonds is 8. The van der Waals surface area contributed by atoms with Crippen molar-refractivity contribution in [3.05, 3.63) is 11.4 Å². The van der Waals surface area contributed by atoms with Crippen LogP contribution in [0.15, 0.2) is 0 Å². The van der Waals surface area contributed by atoms with E-state index < -0.39 is 0 Å². The molecule has 0 atom stereocenters. The minimum atomic E-state index is 0.267. The zero-order chi connectivity index (χ0) is 14.5. The number of nitrogens with two attached hydrogens (primary N) is 1. The number of nitrogens with one attached hydrogen (secondary N) is 1. The van der Waals surface area contributed by atoms with Crippen molar-refractivity contribution in [1.29, 1.82) is 0 Å².